The van der Waals surface area contributed by atoms with E-state index in [0.717, 1.165) is 0 Å². The lowest BCUT2D eigenvalue weighted by Crippen LogP contribution is -2.24. The molecule has 0 fully saturated rings. The number of nitrogens with one attached hydrogen (secondary N) is 1. The number of nitrogens with zero attached hydrogens (tertiary/aromatic N) is 3. The van der Waals surface area contributed by atoms with E-state index < -0.39 is 16.5 Å². The van der Waals surface area contributed by atoms with Crippen LogP contribution in [0.3, 0.4) is 0 Å². The molecule has 0 aliphatic heterocycles. The van der Waals surface area contributed by atoms with Crippen LogP contribution in [0.1, 0.15) is 21.8 Å². The summed E-state index contributed by atoms with van der Waals surface area (Å²) in [5.74, 6) is -0.0335. The number of carbonyl (C=O) groups is 1. The summed E-state index contributed by atoms with van der Waals surface area (Å²) < 4.78 is 4.84. The number of nitro groups is 1. The molecule has 0 aromatic carbocycles. The summed E-state index contributed by atoms with van der Waals surface area (Å²) in [4.78, 5) is 25.7. The Kier molecular flexibility index (Phi) is 3.94. The number of pyridine rings is 1. The smallest absolute Gasteiger partial charge is 0.319 e. The third-order valence-electron chi connectivity index (χ3n) is 2.41. The standard InChI is InChI=1S/C11H9ClN4O4/c1-6-4-7(15-20-6)5-14-11(17)8-2-3-13-10(12)9(8)16(18)19/h2-4H,5H2,1H3,(H,14,17). The van der Waals surface area contributed by atoms with E-state index in [-0.39, 0.29) is 17.3 Å². The maximum absolute atomic E-state index is 11.9. The fourth-order valence-corrected chi connectivity index (χ4v) is 1.78. The van der Waals surface area contributed by atoms with Gasteiger partial charge in [-0.3, -0.25) is 14.9 Å². The van der Waals surface area contributed by atoms with Gasteiger partial charge in [0.1, 0.15) is 17.0 Å². The maximum atomic E-state index is 11.9. The van der Waals surface area contributed by atoms with Gasteiger partial charge in [-0.1, -0.05) is 16.8 Å². The first kappa shape index (κ1) is 13.9. The predicted octanol–water partition coefficient (Wildman–Crippen LogP) is 1.87. The Balaban J connectivity index is 2.17. The molecule has 8 nitrogen and oxygen atoms in total. The Morgan fingerprint density at radius 1 is 1.60 bits per heavy atom. The lowest BCUT2D eigenvalue weighted by molar-refractivity contribution is -0.385. The quantitative estimate of drug-likeness (QED) is 0.523. The van der Waals surface area contributed by atoms with Crippen molar-refractivity contribution in [1.29, 1.82) is 0 Å². The van der Waals surface area contributed by atoms with Gasteiger partial charge in [0.15, 0.2) is 0 Å². The summed E-state index contributed by atoms with van der Waals surface area (Å²) in [5, 5.41) is 16.8. The highest BCUT2D eigenvalue weighted by Crippen LogP contribution is 2.25. The van der Waals surface area contributed by atoms with Gasteiger partial charge < -0.3 is 9.84 Å². The first-order valence-electron chi connectivity index (χ1n) is 5.48. The maximum Gasteiger partial charge on any atom is 0.319 e. The van der Waals surface area contributed by atoms with Crippen LogP contribution in [-0.2, 0) is 6.54 Å². The minimum absolute atomic E-state index is 0.0905. The van der Waals surface area contributed by atoms with Crippen LogP contribution < -0.4 is 5.32 Å². The summed E-state index contributed by atoms with van der Waals surface area (Å²) in [7, 11) is 0. The fraction of sp³-hybridized carbons (Fsp3) is 0.182. The first-order chi connectivity index (χ1) is 9.49. The highest BCUT2D eigenvalue weighted by molar-refractivity contribution is 6.32. The molecule has 2 aromatic rings. The number of carbonyl (C=O) groups excluding carboxylic acids is 1. The van der Waals surface area contributed by atoms with Gasteiger partial charge in [-0.15, -0.1) is 0 Å². The molecule has 0 spiro atoms. The molecule has 2 aromatic heterocycles. The van der Waals surface area contributed by atoms with Crippen molar-refractivity contribution in [2.45, 2.75) is 13.5 Å². The van der Waals surface area contributed by atoms with E-state index in [2.05, 4.69) is 15.5 Å². The van der Waals surface area contributed by atoms with Crippen molar-refractivity contribution in [3.63, 3.8) is 0 Å². The van der Waals surface area contributed by atoms with Crippen LogP contribution in [-0.4, -0.2) is 21.0 Å². The lowest BCUT2D eigenvalue weighted by atomic mass is 10.2. The molecule has 20 heavy (non-hydrogen) atoms. The van der Waals surface area contributed by atoms with Crippen molar-refractivity contribution in [2.24, 2.45) is 0 Å². The van der Waals surface area contributed by atoms with E-state index >= 15 is 0 Å². The number of aromatic nitrogens is 2. The van der Waals surface area contributed by atoms with Crippen LogP contribution in [0.2, 0.25) is 5.15 Å². The molecule has 0 unspecified atom stereocenters. The monoisotopic (exact) mass is 296 g/mol. The minimum atomic E-state index is -0.746. The Morgan fingerprint density at radius 3 is 2.95 bits per heavy atom. The zero-order chi connectivity index (χ0) is 14.7. The Hall–Kier alpha value is -2.48. The predicted molar refractivity (Wildman–Crippen MR) is 68.3 cm³/mol. The zero-order valence-electron chi connectivity index (χ0n) is 10.3. The Labute approximate surface area is 117 Å². The van der Waals surface area contributed by atoms with Crippen LogP contribution in [0.5, 0.6) is 0 Å². The molecule has 0 bridgehead atoms. The van der Waals surface area contributed by atoms with Crippen molar-refractivity contribution in [1.82, 2.24) is 15.5 Å². The molecule has 1 amide bonds. The van der Waals surface area contributed by atoms with E-state index in [1.807, 2.05) is 0 Å². The van der Waals surface area contributed by atoms with Gasteiger partial charge in [-0.2, -0.15) is 0 Å². The van der Waals surface area contributed by atoms with Crippen molar-refractivity contribution < 1.29 is 14.2 Å². The number of halogens is 1. The van der Waals surface area contributed by atoms with E-state index in [0.29, 0.717) is 11.5 Å². The second kappa shape index (κ2) is 5.66. The van der Waals surface area contributed by atoms with Crippen LogP contribution >= 0.6 is 11.6 Å². The highest BCUT2D eigenvalue weighted by Gasteiger charge is 2.24. The van der Waals surface area contributed by atoms with Crippen molar-refractivity contribution in [3.8, 4) is 0 Å². The van der Waals surface area contributed by atoms with Crippen molar-refractivity contribution in [3.05, 3.63) is 50.6 Å². The van der Waals surface area contributed by atoms with Crippen LogP contribution in [0.25, 0.3) is 0 Å². The molecule has 1 N–H and O–H groups in total. The molecule has 9 heteroatoms. The van der Waals surface area contributed by atoms with Gasteiger partial charge in [0.2, 0.25) is 5.15 Å². The summed E-state index contributed by atoms with van der Waals surface area (Å²) in [6.07, 6.45) is 1.23. The lowest BCUT2D eigenvalue weighted by Gasteiger charge is -2.04. The average Bonchev–Trinajstić information content (AvgIpc) is 2.81. The molecular weight excluding hydrogens is 288 g/mol. The van der Waals surface area contributed by atoms with Crippen LogP contribution in [0, 0.1) is 17.0 Å². The zero-order valence-corrected chi connectivity index (χ0v) is 11.0. The molecule has 104 valence electrons. The molecule has 2 heterocycles. The Bertz CT molecular complexity index is 670. The molecular formula is C11H9ClN4O4. The summed E-state index contributed by atoms with van der Waals surface area (Å²) in [6.45, 7) is 1.80. The van der Waals surface area contributed by atoms with Gasteiger partial charge >= 0.3 is 5.69 Å². The van der Waals surface area contributed by atoms with Gasteiger partial charge in [0, 0.05) is 12.3 Å². The van der Waals surface area contributed by atoms with Gasteiger partial charge in [-0.05, 0) is 13.0 Å². The third kappa shape index (κ3) is 2.91. The van der Waals surface area contributed by atoms with E-state index in [1.54, 1.807) is 13.0 Å². The van der Waals surface area contributed by atoms with E-state index in [9.17, 15) is 14.9 Å². The van der Waals surface area contributed by atoms with E-state index in [1.165, 1.54) is 12.3 Å². The molecule has 0 saturated heterocycles. The molecule has 2 rings (SSSR count). The number of hydrogen-bond donors (Lipinski definition) is 1. The SMILES string of the molecule is Cc1cc(CNC(=O)c2ccnc(Cl)c2[N+](=O)[O-])no1. The van der Waals surface area contributed by atoms with Gasteiger partial charge in [-0.25, -0.2) is 4.98 Å². The number of hydrogen-bond acceptors (Lipinski definition) is 6. The molecule has 0 saturated carbocycles. The average molecular weight is 297 g/mol. The molecule has 0 radical (unpaired) electrons. The molecule has 0 atom stereocenters. The Morgan fingerprint density at radius 2 is 2.35 bits per heavy atom. The summed E-state index contributed by atoms with van der Waals surface area (Å²) in [6, 6.07) is 2.88. The van der Waals surface area contributed by atoms with Crippen LogP contribution in [0.4, 0.5) is 5.69 Å². The highest BCUT2D eigenvalue weighted by atomic mass is 35.5. The largest absolute Gasteiger partial charge is 0.361 e. The summed E-state index contributed by atoms with van der Waals surface area (Å²) in [5.41, 5.74) is -0.170. The number of amides is 1. The van der Waals surface area contributed by atoms with Gasteiger partial charge in [0.25, 0.3) is 5.91 Å². The molecule has 0 aliphatic carbocycles. The normalized spacial score (nSPS) is 10.3. The molecule has 0 aliphatic rings. The van der Waals surface area contributed by atoms with Crippen molar-refractivity contribution in [2.75, 3.05) is 0 Å². The topological polar surface area (TPSA) is 111 Å². The number of rotatable bonds is 4. The van der Waals surface area contributed by atoms with E-state index in [4.69, 9.17) is 16.1 Å². The van der Waals surface area contributed by atoms with Crippen LogP contribution in [0.15, 0.2) is 22.9 Å². The number of aryl methyl sites for hydroxylation is 1. The second-order valence-electron chi connectivity index (χ2n) is 3.87. The van der Waals surface area contributed by atoms with Crippen molar-refractivity contribution >= 4 is 23.2 Å². The third-order valence-corrected chi connectivity index (χ3v) is 2.69. The summed E-state index contributed by atoms with van der Waals surface area (Å²) >= 11 is 5.63. The second-order valence-corrected chi connectivity index (χ2v) is 4.22. The fourth-order valence-electron chi connectivity index (χ4n) is 1.55. The minimum Gasteiger partial charge on any atom is -0.361 e. The first-order valence-corrected chi connectivity index (χ1v) is 5.86. The van der Waals surface area contributed by atoms with Gasteiger partial charge in [0.05, 0.1) is 11.5 Å².